The van der Waals surface area contributed by atoms with E-state index >= 15 is 0 Å². The molecule has 0 radical (unpaired) electrons. The Morgan fingerprint density at radius 3 is 1.64 bits per heavy atom. The maximum atomic E-state index is 9.79. The van der Waals surface area contributed by atoms with Gasteiger partial charge in [-0.1, -0.05) is 251 Å². The Morgan fingerprint density at radius 2 is 0.936 bits per heavy atom. The standard InChI is InChI=1S/C87H60BN5S/c1-87(2,3)60-44-49-77(69(52-60)57-28-11-6-12-29-57)92-78-47-42-58(55-24-7-4-8-25-55)50-70(78)88-71-51-59(43-48-79(71)91(80-39-23-40-81(92)84(80)88)73-35-18-13-30-62(73)56-26-9-5-10-27-56)72-53-61(90-74-36-19-14-31-63(74)64-32-15-20-37-75(64)90)54-83(89-72)93-76-38-21-16-33-65(76)67-45-46-68-66-34-17-22-41-82(66)94-86(68)85(67)93/h4-54H,1-3H3/i14D,15D,19D,20D,31D,32D,36D,37D. The number of aromatic nitrogens is 3. The van der Waals surface area contributed by atoms with E-state index in [2.05, 4.69) is 266 Å². The number of hydrogen-bond acceptors (Lipinski definition) is 4. The summed E-state index contributed by atoms with van der Waals surface area (Å²) in [6, 6.07) is 89.1. The van der Waals surface area contributed by atoms with Gasteiger partial charge in [-0.05, 0) is 128 Å². The van der Waals surface area contributed by atoms with Crippen LogP contribution in [0.2, 0.25) is 0 Å². The third-order valence-corrected chi connectivity index (χ3v) is 20.5. The van der Waals surface area contributed by atoms with E-state index < -0.39 is 36.3 Å². The Kier molecular flexibility index (Phi) is 10.4. The molecule has 0 spiro atoms. The number of anilines is 6. The molecular weight excluding hydrogens is 1160 g/mol. The number of pyridine rings is 1. The van der Waals surface area contributed by atoms with Crippen molar-refractivity contribution in [1.29, 1.82) is 0 Å². The minimum absolute atomic E-state index is 0.00759. The summed E-state index contributed by atoms with van der Waals surface area (Å²) >= 11 is 1.71. The molecule has 2 aliphatic rings. The second-order valence-corrected chi connectivity index (χ2v) is 26.7. The van der Waals surface area contributed by atoms with Gasteiger partial charge in [-0.2, -0.15) is 0 Å². The van der Waals surface area contributed by atoms with Crippen molar-refractivity contribution in [1.82, 2.24) is 14.1 Å². The van der Waals surface area contributed by atoms with Crippen LogP contribution in [-0.2, 0) is 5.41 Å². The van der Waals surface area contributed by atoms with Gasteiger partial charge in [0.25, 0.3) is 6.71 Å². The van der Waals surface area contributed by atoms with E-state index in [0.717, 1.165) is 131 Å². The van der Waals surface area contributed by atoms with Crippen LogP contribution in [0.4, 0.5) is 34.1 Å². The summed E-state index contributed by atoms with van der Waals surface area (Å²) in [5, 5.41) is 4.22. The molecule has 0 N–H and O–H groups in total. The normalized spacial score (nSPS) is 14.0. The van der Waals surface area contributed by atoms with Crippen molar-refractivity contribution in [3.63, 3.8) is 0 Å². The molecule has 0 unspecified atom stereocenters. The van der Waals surface area contributed by atoms with Gasteiger partial charge in [0.05, 0.1) is 60.5 Å². The zero-order valence-corrected chi connectivity index (χ0v) is 52.4. The molecule has 0 saturated heterocycles. The van der Waals surface area contributed by atoms with Crippen molar-refractivity contribution in [2.45, 2.75) is 26.2 Å². The largest absolute Gasteiger partial charge is 0.311 e. The van der Waals surface area contributed by atoms with E-state index in [4.69, 9.17) is 7.73 Å². The average molecular weight is 1230 g/mol. The maximum absolute atomic E-state index is 9.79. The van der Waals surface area contributed by atoms with E-state index in [1.165, 1.54) is 5.56 Å². The number of benzene rings is 13. The van der Waals surface area contributed by atoms with Crippen LogP contribution in [0.15, 0.2) is 309 Å². The third-order valence-electron chi connectivity index (χ3n) is 19.3. The molecule has 0 aliphatic carbocycles. The molecule has 6 heterocycles. The first-order valence-corrected chi connectivity index (χ1v) is 32.7. The molecular formula is C87H60BN5S. The van der Waals surface area contributed by atoms with E-state index in [-0.39, 0.29) is 46.0 Å². The van der Waals surface area contributed by atoms with Crippen LogP contribution >= 0.6 is 11.3 Å². The molecule has 13 aromatic carbocycles. The fourth-order valence-electron chi connectivity index (χ4n) is 15.1. The van der Waals surface area contributed by atoms with Gasteiger partial charge in [0.2, 0.25) is 0 Å². The summed E-state index contributed by atoms with van der Waals surface area (Å²) in [7, 11) is 0. The average Bonchev–Trinajstić information content (AvgIpc) is 0.791. The first-order chi connectivity index (χ1) is 49.6. The van der Waals surface area contributed by atoms with E-state index in [1.807, 2.05) is 30.3 Å². The van der Waals surface area contributed by atoms with Crippen LogP contribution in [-0.4, -0.2) is 20.8 Å². The Labute approximate surface area is 561 Å². The van der Waals surface area contributed by atoms with Crippen molar-refractivity contribution in [2.75, 3.05) is 9.80 Å². The molecule has 2 aliphatic heterocycles. The SMILES string of the molecule is [2H]c1c([2H])c([2H])c2c(c1[2H])c1c([2H])c([2H])c([2H])c([2H])c1n2-c1cc(-c2ccc3c(c2)B2c4cc(-c5ccccc5)ccc4N(c4ccc(C(C)(C)C)cc4-c4ccccc4)c4cccc(c42)N3c2ccccc2-c2ccccc2)nc(-n2c3ccccc3c3ccc4c5ccccc5sc4c32)c1. The van der Waals surface area contributed by atoms with E-state index in [9.17, 15) is 8.22 Å². The number of rotatable bonds is 8. The summed E-state index contributed by atoms with van der Waals surface area (Å²) in [5.41, 5.74) is 20.3. The van der Waals surface area contributed by atoms with Gasteiger partial charge in [-0.25, -0.2) is 4.98 Å². The van der Waals surface area contributed by atoms with Crippen molar-refractivity contribution >= 4 is 132 Å². The van der Waals surface area contributed by atoms with Crippen molar-refractivity contribution in [3.05, 3.63) is 315 Å². The molecule has 0 amide bonds. The van der Waals surface area contributed by atoms with Crippen LogP contribution in [0.25, 0.3) is 120 Å². The predicted octanol–water partition coefficient (Wildman–Crippen LogP) is 21.7. The third kappa shape index (κ3) is 8.30. The zero-order valence-electron chi connectivity index (χ0n) is 59.5. The van der Waals surface area contributed by atoms with Gasteiger partial charge in [0.15, 0.2) is 0 Å². The summed E-state index contributed by atoms with van der Waals surface area (Å²) < 4.78 is 81.1. The second-order valence-electron chi connectivity index (χ2n) is 25.6. The van der Waals surface area contributed by atoms with E-state index in [0.29, 0.717) is 17.2 Å². The fourth-order valence-corrected chi connectivity index (χ4v) is 16.3. The Hall–Kier alpha value is -11.5. The lowest BCUT2D eigenvalue weighted by Crippen LogP contribution is -2.61. The van der Waals surface area contributed by atoms with Gasteiger partial charge in [-0.3, -0.25) is 4.57 Å². The lowest BCUT2D eigenvalue weighted by atomic mass is 9.33. The minimum atomic E-state index is -0.509. The Bertz CT molecular complexity index is 6370. The molecule has 0 saturated carbocycles. The number of para-hydroxylation sites is 4. The number of fused-ring (bicyclic) bond motifs is 14. The predicted molar refractivity (Wildman–Crippen MR) is 400 cm³/mol. The number of hydrogen-bond donors (Lipinski definition) is 0. The highest BCUT2D eigenvalue weighted by Crippen LogP contribution is 2.50. The molecule has 442 valence electrons. The summed E-state index contributed by atoms with van der Waals surface area (Å²) in [4.78, 5) is 10.8. The van der Waals surface area contributed by atoms with Gasteiger partial charge < -0.3 is 14.4 Å². The number of nitrogens with zero attached hydrogens (tertiary/aromatic N) is 5. The monoisotopic (exact) mass is 1230 g/mol. The Balaban J connectivity index is 0.941. The highest BCUT2D eigenvalue weighted by Gasteiger charge is 2.44. The summed E-state index contributed by atoms with van der Waals surface area (Å²) in [6.45, 7) is 6.41. The van der Waals surface area contributed by atoms with Crippen molar-refractivity contribution in [3.8, 4) is 56.1 Å². The van der Waals surface area contributed by atoms with Crippen molar-refractivity contribution in [2.24, 2.45) is 0 Å². The summed E-state index contributed by atoms with van der Waals surface area (Å²) in [6.07, 6.45) is 0. The minimum Gasteiger partial charge on any atom is -0.311 e. The molecule has 7 heteroatoms. The molecule has 4 aromatic heterocycles. The zero-order chi connectivity index (χ0) is 69.3. The molecule has 0 fully saturated rings. The molecule has 5 nitrogen and oxygen atoms in total. The van der Waals surface area contributed by atoms with Crippen LogP contribution in [0.3, 0.4) is 0 Å². The van der Waals surface area contributed by atoms with Crippen LogP contribution < -0.4 is 26.2 Å². The summed E-state index contributed by atoms with van der Waals surface area (Å²) in [5.74, 6) is 0.483. The maximum Gasteiger partial charge on any atom is 0.252 e. The topological polar surface area (TPSA) is 29.2 Å². The fraction of sp³-hybridized carbons (Fsp3) is 0.0460. The van der Waals surface area contributed by atoms with Crippen molar-refractivity contribution < 1.29 is 11.0 Å². The molecule has 0 atom stereocenters. The van der Waals surface area contributed by atoms with Crippen LogP contribution in [0.5, 0.6) is 0 Å². The highest BCUT2D eigenvalue weighted by molar-refractivity contribution is 7.26. The first kappa shape index (κ1) is 46.5. The van der Waals surface area contributed by atoms with Gasteiger partial charge in [0.1, 0.15) is 5.82 Å². The quantitative estimate of drug-likeness (QED) is 0.142. The van der Waals surface area contributed by atoms with Crippen LogP contribution in [0.1, 0.15) is 37.3 Å². The lowest BCUT2D eigenvalue weighted by molar-refractivity contribution is 0.590. The Morgan fingerprint density at radius 1 is 0.383 bits per heavy atom. The molecule has 0 bridgehead atoms. The highest BCUT2D eigenvalue weighted by atomic mass is 32.1. The van der Waals surface area contributed by atoms with Crippen LogP contribution in [0, 0.1) is 0 Å². The first-order valence-electron chi connectivity index (χ1n) is 35.9. The van der Waals surface area contributed by atoms with Gasteiger partial charge in [0, 0.05) is 77.0 Å². The van der Waals surface area contributed by atoms with Gasteiger partial charge >= 0.3 is 0 Å². The van der Waals surface area contributed by atoms with E-state index in [1.54, 1.807) is 15.9 Å². The second kappa shape index (κ2) is 21.0. The van der Waals surface area contributed by atoms with Gasteiger partial charge in [-0.15, -0.1) is 11.3 Å². The number of thiophene rings is 1. The molecule has 19 rings (SSSR count). The smallest absolute Gasteiger partial charge is 0.252 e. The lowest BCUT2D eigenvalue weighted by Gasteiger charge is -2.45. The molecule has 94 heavy (non-hydrogen) atoms. The molecule has 17 aromatic rings.